The van der Waals surface area contributed by atoms with E-state index in [1.807, 2.05) is 0 Å². The van der Waals surface area contributed by atoms with Crippen LogP contribution >= 0.6 is 0 Å². The quantitative estimate of drug-likeness (QED) is 0.743. The topological polar surface area (TPSA) is 35.5 Å². The number of aliphatic hydroxyl groups is 1. The van der Waals surface area contributed by atoms with Crippen molar-refractivity contribution in [2.75, 3.05) is 26.2 Å². The molecule has 0 radical (unpaired) electrons. The molecular weight excluding hydrogens is 200 g/mol. The van der Waals surface area contributed by atoms with Crippen LogP contribution in [0.15, 0.2) is 0 Å². The van der Waals surface area contributed by atoms with Crippen LogP contribution in [-0.2, 0) is 0 Å². The summed E-state index contributed by atoms with van der Waals surface area (Å²) in [6.07, 6.45) is 7.37. The Labute approximate surface area is 99.2 Å². The Morgan fingerprint density at radius 2 is 2.25 bits per heavy atom. The fourth-order valence-corrected chi connectivity index (χ4v) is 3.55. The summed E-state index contributed by atoms with van der Waals surface area (Å²) < 4.78 is 0. The molecule has 2 heterocycles. The number of nitrogens with one attached hydrogen (secondary N) is 1. The molecule has 3 nitrogen and oxygen atoms in total. The van der Waals surface area contributed by atoms with Gasteiger partial charge in [-0.3, -0.25) is 4.90 Å². The molecule has 0 aliphatic carbocycles. The Balaban J connectivity index is 2.05. The molecule has 2 rings (SSSR count). The summed E-state index contributed by atoms with van der Waals surface area (Å²) in [6.45, 7) is 6.12. The molecule has 0 bridgehead atoms. The van der Waals surface area contributed by atoms with Gasteiger partial charge in [0.2, 0.25) is 0 Å². The number of rotatable bonds is 5. The van der Waals surface area contributed by atoms with E-state index in [1.165, 1.54) is 45.2 Å². The third-order valence-electron chi connectivity index (χ3n) is 4.38. The fourth-order valence-electron chi connectivity index (χ4n) is 3.55. The van der Waals surface area contributed by atoms with E-state index in [9.17, 15) is 5.11 Å². The molecule has 0 aromatic carbocycles. The minimum atomic E-state index is 0.213. The predicted molar refractivity (Wildman–Crippen MR) is 66.6 cm³/mol. The minimum Gasteiger partial charge on any atom is -0.396 e. The molecule has 2 N–H and O–H groups in total. The maximum Gasteiger partial charge on any atom is 0.0449 e. The smallest absolute Gasteiger partial charge is 0.0449 e. The average molecular weight is 226 g/mol. The van der Waals surface area contributed by atoms with Gasteiger partial charge in [-0.15, -0.1) is 0 Å². The molecule has 2 aliphatic heterocycles. The zero-order valence-corrected chi connectivity index (χ0v) is 10.5. The van der Waals surface area contributed by atoms with Crippen molar-refractivity contribution in [3.8, 4) is 0 Å². The summed E-state index contributed by atoms with van der Waals surface area (Å²) in [6, 6.07) is 0.681. The maximum absolute atomic E-state index is 9.32. The zero-order valence-electron chi connectivity index (χ0n) is 10.5. The largest absolute Gasteiger partial charge is 0.396 e. The van der Waals surface area contributed by atoms with Crippen LogP contribution in [0.3, 0.4) is 0 Å². The van der Waals surface area contributed by atoms with Crippen molar-refractivity contribution in [2.24, 2.45) is 0 Å². The van der Waals surface area contributed by atoms with Gasteiger partial charge >= 0.3 is 0 Å². The van der Waals surface area contributed by atoms with Gasteiger partial charge in [0.1, 0.15) is 0 Å². The second-order valence-corrected chi connectivity index (χ2v) is 5.35. The van der Waals surface area contributed by atoms with Gasteiger partial charge in [-0.05, 0) is 45.2 Å². The highest BCUT2D eigenvalue weighted by Crippen LogP contribution is 2.37. The van der Waals surface area contributed by atoms with Crippen molar-refractivity contribution >= 4 is 0 Å². The Kier molecular flexibility index (Phi) is 4.22. The summed E-state index contributed by atoms with van der Waals surface area (Å²) in [7, 11) is 0. The van der Waals surface area contributed by atoms with E-state index >= 15 is 0 Å². The van der Waals surface area contributed by atoms with Crippen LogP contribution in [0.5, 0.6) is 0 Å². The number of hydrogen-bond acceptors (Lipinski definition) is 3. The highest BCUT2D eigenvalue weighted by molar-refractivity contribution is 5.06. The van der Waals surface area contributed by atoms with E-state index in [2.05, 4.69) is 17.1 Å². The highest BCUT2D eigenvalue weighted by Gasteiger charge is 2.46. The number of fused-ring (bicyclic) bond motifs is 1. The fraction of sp³-hybridized carbons (Fsp3) is 1.00. The minimum absolute atomic E-state index is 0.213. The Morgan fingerprint density at radius 1 is 1.38 bits per heavy atom. The van der Waals surface area contributed by atoms with Crippen LogP contribution in [0.1, 0.15) is 45.4 Å². The number of nitrogens with zero attached hydrogens (tertiary/aromatic N) is 1. The molecule has 2 saturated heterocycles. The van der Waals surface area contributed by atoms with Crippen molar-refractivity contribution in [3.05, 3.63) is 0 Å². The Bertz CT molecular complexity index is 222. The summed E-state index contributed by atoms with van der Waals surface area (Å²) >= 11 is 0. The van der Waals surface area contributed by atoms with E-state index in [4.69, 9.17) is 0 Å². The second-order valence-electron chi connectivity index (χ2n) is 5.35. The van der Waals surface area contributed by atoms with E-state index in [1.54, 1.807) is 0 Å². The molecule has 2 atom stereocenters. The van der Waals surface area contributed by atoms with Gasteiger partial charge in [0.25, 0.3) is 0 Å². The maximum atomic E-state index is 9.32. The van der Waals surface area contributed by atoms with Crippen molar-refractivity contribution in [1.29, 1.82) is 0 Å². The molecule has 0 aromatic heterocycles. The standard InChI is InChI=1S/C13H26N2O/c1-2-8-14-13(7-11-16)6-10-15-9-4-3-5-12(13)15/h12,14,16H,2-11H2,1H3. The van der Waals surface area contributed by atoms with Crippen LogP contribution in [-0.4, -0.2) is 47.8 Å². The lowest BCUT2D eigenvalue weighted by atomic mass is 9.82. The van der Waals surface area contributed by atoms with Gasteiger partial charge in [0.05, 0.1) is 0 Å². The Hall–Kier alpha value is -0.120. The molecule has 94 valence electrons. The van der Waals surface area contributed by atoms with Crippen molar-refractivity contribution in [3.63, 3.8) is 0 Å². The highest BCUT2D eigenvalue weighted by atomic mass is 16.3. The van der Waals surface area contributed by atoms with Crippen molar-refractivity contribution < 1.29 is 5.11 Å². The first-order valence-corrected chi connectivity index (χ1v) is 6.92. The van der Waals surface area contributed by atoms with Gasteiger partial charge in [-0.2, -0.15) is 0 Å². The summed E-state index contributed by atoms with van der Waals surface area (Å²) in [5.41, 5.74) is 0.213. The van der Waals surface area contributed by atoms with Crippen LogP contribution in [0.25, 0.3) is 0 Å². The Morgan fingerprint density at radius 3 is 3.00 bits per heavy atom. The number of aliphatic hydroxyl groups excluding tert-OH is 1. The number of piperidine rings is 1. The van der Waals surface area contributed by atoms with Crippen LogP contribution in [0.2, 0.25) is 0 Å². The van der Waals surface area contributed by atoms with E-state index in [0.717, 1.165) is 13.0 Å². The molecule has 0 amide bonds. The van der Waals surface area contributed by atoms with Gasteiger partial charge in [-0.1, -0.05) is 13.3 Å². The molecular formula is C13H26N2O. The third-order valence-corrected chi connectivity index (χ3v) is 4.38. The summed E-state index contributed by atoms with van der Waals surface area (Å²) in [5, 5.41) is 13.1. The number of hydrogen-bond donors (Lipinski definition) is 2. The monoisotopic (exact) mass is 226 g/mol. The molecule has 0 saturated carbocycles. The first-order valence-electron chi connectivity index (χ1n) is 6.92. The van der Waals surface area contributed by atoms with Gasteiger partial charge in [0, 0.05) is 24.7 Å². The third kappa shape index (κ3) is 2.27. The van der Waals surface area contributed by atoms with Crippen molar-refractivity contribution in [1.82, 2.24) is 10.2 Å². The van der Waals surface area contributed by atoms with Crippen LogP contribution in [0, 0.1) is 0 Å². The average Bonchev–Trinajstić information content (AvgIpc) is 2.68. The lowest BCUT2D eigenvalue weighted by Gasteiger charge is -2.41. The molecule has 0 aromatic rings. The van der Waals surface area contributed by atoms with E-state index < -0.39 is 0 Å². The lowest BCUT2D eigenvalue weighted by molar-refractivity contribution is 0.115. The van der Waals surface area contributed by atoms with Gasteiger partial charge in [-0.25, -0.2) is 0 Å². The first-order chi connectivity index (χ1) is 7.82. The molecule has 2 fully saturated rings. The second kappa shape index (κ2) is 5.48. The normalized spacial score (nSPS) is 35.2. The van der Waals surface area contributed by atoms with Crippen molar-refractivity contribution in [2.45, 2.75) is 57.0 Å². The summed E-state index contributed by atoms with van der Waals surface area (Å²) in [5.74, 6) is 0. The lowest BCUT2D eigenvalue weighted by Crippen LogP contribution is -2.56. The first kappa shape index (κ1) is 12.3. The zero-order chi connectivity index (χ0) is 11.4. The molecule has 3 heteroatoms. The van der Waals surface area contributed by atoms with Gasteiger partial charge in [0.15, 0.2) is 0 Å². The van der Waals surface area contributed by atoms with Crippen LogP contribution < -0.4 is 5.32 Å². The SMILES string of the molecule is CCCNC1(CCO)CCN2CCCCC21. The van der Waals surface area contributed by atoms with E-state index in [0.29, 0.717) is 12.6 Å². The predicted octanol–water partition coefficient (Wildman–Crippen LogP) is 1.37. The molecule has 2 unspecified atom stereocenters. The van der Waals surface area contributed by atoms with E-state index in [-0.39, 0.29) is 5.54 Å². The molecule has 0 spiro atoms. The van der Waals surface area contributed by atoms with Crippen LogP contribution in [0.4, 0.5) is 0 Å². The summed E-state index contributed by atoms with van der Waals surface area (Å²) in [4.78, 5) is 2.64. The van der Waals surface area contributed by atoms with Gasteiger partial charge < -0.3 is 10.4 Å². The molecule has 16 heavy (non-hydrogen) atoms. The molecule has 2 aliphatic rings.